The van der Waals surface area contributed by atoms with Crippen molar-refractivity contribution in [1.29, 1.82) is 0 Å². The van der Waals surface area contributed by atoms with Crippen molar-refractivity contribution in [3.8, 4) is 16.9 Å². The van der Waals surface area contributed by atoms with Gasteiger partial charge in [0.25, 0.3) is 0 Å². The number of ether oxygens (including phenoxy) is 1. The fourth-order valence-electron chi connectivity index (χ4n) is 4.17. The Morgan fingerprint density at radius 1 is 0.842 bits per heavy atom. The molecule has 0 amide bonds. The summed E-state index contributed by atoms with van der Waals surface area (Å²) in [7, 11) is 0. The Labute approximate surface area is 224 Å². The highest BCUT2D eigenvalue weighted by molar-refractivity contribution is 6.08. The van der Waals surface area contributed by atoms with E-state index in [-0.39, 0.29) is 16.8 Å². The van der Waals surface area contributed by atoms with Gasteiger partial charge in [-0.1, -0.05) is 99.1 Å². The van der Waals surface area contributed by atoms with Crippen LogP contribution in [0.2, 0.25) is 0 Å². The summed E-state index contributed by atoms with van der Waals surface area (Å²) >= 11 is 0. The average Bonchev–Trinajstić information content (AvgIpc) is 2.91. The number of carbonyl (C=O) groups excluding carboxylic acids is 1. The summed E-state index contributed by atoms with van der Waals surface area (Å²) in [5.41, 5.74) is 6.27. The summed E-state index contributed by atoms with van der Waals surface area (Å²) in [4.78, 5) is 24.5. The van der Waals surface area contributed by atoms with Crippen molar-refractivity contribution < 1.29 is 19.4 Å². The highest BCUT2D eigenvalue weighted by atomic mass is 16.5. The molecule has 0 heterocycles. The summed E-state index contributed by atoms with van der Waals surface area (Å²) in [6.07, 6.45) is 3.23. The van der Waals surface area contributed by atoms with Crippen LogP contribution in [0.15, 0.2) is 97.1 Å². The van der Waals surface area contributed by atoms with Gasteiger partial charge in [-0.2, -0.15) is 0 Å². The SMILES string of the molecule is Cc1ccc(-c2cc(C(=O)/C=C\c3ccc(C(=O)O)cc3)cc(C(C)(C)C)c2OCc2ccccc2)cc1. The van der Waals surface area contributed by atoms with Crippen molar-refractivity contribution in [2.24, 2.45) is 0 Å². The number of carboxylic acids is 1. The van der Waals surface area contributed by atoms with E-state index in [1.165, 1.54) is 18.2 Å². The van der Waals surface area contributed by atoms with Crippen LogP contribution in [-0.2, 0) is 12.0 Å². The van der Waals surface area contributed by atoms with Crippen LogP contribution in [0, 0.1) is 6.92 Å². The molecule has 0 bridgehead atoms. The molecule has 1 N–H and O–H groups in total. The predicted octanol–water partition coefficient (Wildman–Crippen LogP) is 8.13. The number of rotatable bonds is 8. The average molecular weight is 505 g/mol. The Morgan fingerprint density at radius 3 is 2.11 bits per heavy atom. The molecule has 4 aromatic rings. The van der Waals surface area contributed by atoms with Gasteiger partial charge in [0.2, 0.25) is 0 Å². The fourth-order valence-corrected chi connectivity index (χ4v) is 4.17. The maximum absolute atomic E-state index is 13.4. The van der Waals surface area contributed by atoms with Gasteiger partial charge in [0.15, 0.2) is 5.78 Å². The van der Waals surface area contributed by atoms with Gasteiger partial charge in [-0.25, -0.2) is 4.79 Å². The van der Waals surface area contributed by atoms with E-state index in [1.54, 1.807) is 18.2 Å². The maximum Gasteiger partial charge on any atom is 0.335 e. The zero-order chi connectivity index (χ0) is 27.3. The number of benzene rings is 4. The number of hydrogen-bond acceptors (Lipinski definition) is 3. The normalized spacial score (nSPS) is 11.5. The summed E-state index contributed by atoms with van der Waals surface area (Å²) in [6, 6.07) is 28.5. The van der Waals surface area contributed by atoms with E-state index >= 15 is 0 Å². The highest BCUT2D eigenvalue weighted by Gasteiger charge is 2.25. The lowest BCUT2D eigenvalue weighted by Crippen LogP contribution is -2.16. The summed E-state index contributed by atoms with van der Waals surface area (Å²) in [5, 5.41) is 9.11. The molecule has 192 valence electrons. The van der Waals surface area contributed by atoms with Crippen molar-refractivity contribution in [1.82, 2.24) is 0 Å². The molecule has 4 rings (SSSR count). The summed E-state index contributed by atoms with van der Waals surface area (Å²) < 4.78 is 6.48. The Hall–Kier alpha value is -4.44. The number of ketones is 1. The highest BCUT2D eigenvalue weighted by Crippen LogP contribution is 2.41. The standard InChI is InChI=1S/C34H32O4/c1-23-10-15-26(16-11-23)29-20-28(31(35)19-14-24-12-17-27(18-13-24)33(36)37)21-30(34(2,3)4)32(29)38-22-25-8-6-5-7-9-25/h5-21H,22H2,1-4H3,(H,36,37)/b19-14-. The van der Waals surface area contributed by atoms with E-state index in [1.807, 2.05) is 49.4 Å². The first-order valence-corrected chi connectivity index (χ1v) is 12.6. The third-order valence-electron chi connectivity index (χ3n) is 6.35. The van der Waals surface area contributed by atoms with Gasteiger partial charge in [0, 0.05) is 16.7 Å². The van der Waals surface area contributed by atoms with Crippen LogP contribution in [-0.4, -0.2) is 16.9 Å². The molecule has 0 unspecified atom stereocenters. The minimum Gasteiger partial charge on any atom is -0.488 e. The minimum atomic E-state index is -0.982. The quantitative estimate of drug-likeness (QED) is 0.194. The van der Waals surface area contributed by atoms with E-state index in [0.29, 0.717) is 12.2 Å². The number of carboxylic acid groups (broad SMARTS) is 1. The summed E-state index contributed by atoms with van der Waals surface area (Å²) in [5.74, 6) is -0.347. The first-order valence-electron chi connectivity index (χ1n) is 12.6. The zero-order valence-electron chi connectivity index (χ0n) is 22.2. The van der Waals surface area contributed by atoms with Gasteiger partial charge in [0.1, 0.15) is 12.4 Å². The number of aryl methyl sites for hydroxylation is 1. The van der Waals surface area contributed by atoms with Gasteiger partial charge >= 0.3 is 5.97 Å². The first kappa shape index (κ1) is 26.6. The molecule has 0 atom stereocenters. The lowest BCUT2D eigenvalue weighted by molar-refractivity contribution is 0.0696. The van der Waals surface area contributed by atoms with Crippen LogP contribution in [0.1, 0.15) is 63.7 Å². The van der Waals surface area contributed by atoms with Crippen LogP contribution in [0.5, 0.6) is 5.75 Å². The lowest BCUT2D eigenvalue weighted by Gasteiger charge is -2.26. The van der Waals surface area contributed by atoms with E-state index in [0.717, 1.165) is 39.1 Å². The molecule has 0 aromatic heterocycles. The van der Waals surface area contributed by atoms with Gasteiger partial charge in [-0.3, -0.25) is 4.79 Å². The number of hydrogen-bond donors (Lipinski definition) is 1. The smallest absolute Gasteiger partial charge is 0.335 e. The van der Waals surface area contributed by atoms with Crippen LogP contribution in [0.4, 0.5) is 0 Å². The van der Waals surface area contributed by atoms with E-state index < -0.39 is 5.97 Å². The third kappa shape index (κ3) is 6.46. The molecular weight excluding hydrogens is 472 g/mol. The predicted molar refractivity (Wildman–Crippen MR) is 153 cm³/mol. The number of aromatic carboxylic acids is 1. The van der Waals surface area contributed by atoms with Gasteiger partial charge < -0.3 is 9.84 Å². The molecule has 0 aliphatic rings. The van der Waals surface area contributed by atoms with Gasteiger partial charge in [-0.15, -0.1) is 0 Å². The minimum absolute atomic E-state index is 0.138. The van der Waals surface area contributed by atoms with Crippen molar-refractivity contribution in [2.75, 3.05) is 0 Å². The molecule has 0 saturated heterocycles. The Morgan fingerprint density at radius 2 is 1.50 bits per heavy atom. The Kier molecular flexibility index (Phi) is 7.92. The molecule has 0 fully saturated rings. The molecule has 4 heteroatoms. The van der Waals surface area contributed by atoms with Crippen LogP contribution in [0.25, 0.3) is 17.2 Å². The second-order valence-corrected chi connectivity index (χ2v) is 10.4. The lowest BCUT2D eigenvalue weighted by atomic mass is 9.82. The zero-order valence-corrected chi connectivity index (χ0v) is 22.2. The largest absolute Gasteiger partial charge is 0.488 e. The maximum atomic E-state index is 13.4. The molecule has 38 heavy (non-hydrogen) atoms. The van der Waals surface area contributed by atoms with Crippen molar-refractivity contribution >= 4 is 17.8 Å². The third-order valence-corrected chi connectivity index (χ3v) is 6.35. The Balaban J connectivity index is 1.76. The number of carbonyl (C=O) groups is 2. The van der Waals surface area contributed by atoms with Crippen molar-refractivity contribution in [3.63, 3.8) is 0 Å². The van der Waals surface area contributed by atoms with Crippen LogP contribution in [0.3, 0.4) is 0 Å². The molecule has 4 aromatic carbocycles. The number of allylic oxidation sites excluding steroid dienone is 1. The monoisotopic (exact) mass is 504 g/mol. The second-order valence-electron chi connectivity index (χ2n) is 10.4. The van der Waals surface area contributed by atoms with E-state index in [4.69, 9.17) is 9.84 Å². The molecule has 0 spiro atoms. The van der Waals surface area contributed by atoms with Crippen LogP contribution >= 0.6 is 0 Å². The molecule has 0 radical (unpaired) electrons. The van der Waals surface area contributed by atoms with E-state index in [9.17, 15) is 9.59 Å². The van der Waals surface area contributed by atoms with Crippen molar-refractivity contribution in [2.45, 2.75) is 39.7 Å². The first-order chi connectivity index (χ1) is 18.1. The Bertz CT molecular complexity index is 1460. The van der Waals surface area contributed by atoms with Crippen LogP contribution < -0.4 is 4.74 Å². The molecule has 0 saturated carbocycles. The van der Waals surface area contributed by atoms with Gasteiger partial charge in [-0.05, 0) is 59.4 Å². The van der Waals surface area contributed by atoms with Gasteiger partial charge in [0.05, 0.1) is 5.56 Å². The second kappa shape index (κ2) is 11.3. The molecule has 4 nitrogen and oxygen atoms in total. The summed E-state index contributed by atoms with van der Waals surface area (Å²) in [6.45, 7) is 8.81. The molecule has 0 aliphatic carbocycles. The molecule has 0 aliphatic heterocycles. The van der Waals surface area contributed by atoms with E-state index in [2.05, 4.69) is 45.0 Å². The topological polar surface area (TPSA) is 63.6 Å². The molecular formula is C34H32O4. The van der Waals surface area contributed by atoms with Crippen molar-refractivity contribution in [3.05, 3.63) is 130 Å². The fraction of sp³-hybridized carbons (Fsp3) is 0.176.